The molecule has 2 amide bonds. The standard InChI is InChI=1S/C22H31FN2O5S/c1-15(2)14-30-19-13-17(7-8-18(19)23)22(9-10-22)25-31(28,29)11-5-3-4-6-16-12-20(26)24-21(16)27/h7-8,13,15-16,25H,3-6,9-12,14H2,1-2H3,(H,24,26,27). The fourth-order valence-electron chi connectivity index (χ4n) is 3.79. The molecule has 7 nitrogen and oxygen atoms in total. The van der Waals surface area contributed by atoms with Crippen molar-refractivity contribution in [2.75, 3.05) is 12.4 Å². The molecule has 0 radical (unpaired) electrons. The molecule has 3 rings (SSSR count). The number of hydrogen-bond acceptors (Lipinski definition) is 5. The lowest BCUT2D eigenvalue weighted by atomic mass is 10.00. The minimum absolute atomic E-state index is 0.0115. The predicted octanol–water partition coefficient (Wildman–Crippen LogP) is 2.99. The van der Waals surface area contributed by atoms with Gasteiger partial charge in [0.05, 0.1) is 17.9 Å². The molecule has 1 aliphatic carbocycles. The average Bonchev–Trinajstić information content (AvgIpc) is 3.37. The molecule has 1 atom stereocenters. The van der Waals surface area contributed by atoms with Crippen LogP contribution in [0.1, 0.15) is 64.4 Å². The lowest BCUT2D eigenvalue weighted by molar-refractivity contribution is -0.125. The Morgan fingerprint density at radius 1 is 1.23 bits per heavy atom. The summed E-state index contributed by atoms with van der Waals surface area (Å²) in [5.74, 6) is -0.835. The molecule has 0 spiro atoms. The second kappa shape index (κ2) is 9.65. The average molecular weight is 455 g/mol. The molecule has 2 aliphatic rings. The van der Waals surface area contributed by atoms with Crippen molar-refractivity contribution in [1.29, 1.82) is 0 Å². The van der Waals surface area contributed by atoms with Crippen LogP contribution in [-0.4, -0.2) is 32.6 Å². The van der Waals surface area contributed by atoms with Crippen LogP contribution in [0.15, 0.2) is 18.2 Å². The number of nitrogens with one attached hydrogen (secondary N) is 2. The first-order valence-corrected chi connectivity index (χ1v) is 12.5. The minimum Gasteiger partial charge on any atom is -0.490 e. The summed E-state index contributed by atoms with van der Waals surface area (Å²) in [6.45, 7) is 4.33. The number of unbranched alkanes of at least 4 members (excludes halogenated alkanes) is 2. The van der Waals surface area contributed by atoms with Crippen LogP contribution in [0, 0.1) is 17.7 Å². The smallest absolute Gasteiger partial charge is 0.230 e. The highest BCUT2D eigenvalue weighted by Crippen LogP contribution is 2.47. The molecule has 0 aromatic heterocycles. The molecule has 0 bridgehead atoms. The molecular weight excluding hydrogens is 423 g/mol. The molecule has 1 aliphatic heterocycles. The third kappa shape index (κ3) is 6.49. The molecule has 2 N–H and O–H groups in total. The van der Waals surface area contributed by atoms with Gasteiger partial charge >= 0.3 is 0 Å². The van der Waals surface area contributed by atoms with Crippen molar-refractivity contribution in [1.82, 2.24) is 10.0 Å². The van der Waals surface area contributed by atoms with Gasteiger partial charge in [0.1, 0.15) is 0 Å². The largest absolute Gasteiger partial charge is 0.490 e. The van der Waals surface area contributed by atoms with E-state index < -0.39 is 21.4 Å². The van der Waals surface area contributed by atoms with Crippen LogP contribution < -0.4 is 14.8 Å². The third-order valence-corrected chi connectivity index (χ3v) is 7.22. The van der Waals surface area contributed by atoms with E-state index in [1.807, 2.05) is 13.8 Å². The number of imide groups is 1. The van der Waals surface area contributed by atoms with Crippen molar-refractivity contribution in [3.05, 3.63) is 29.6 Å². The van der Waals surface area contributed by atoms with Gasteiger partial charge in [0.25, 0.3) is 0 Å². The van der Waals surface area contributed by atoms with Gasteiger partial charge in [-0.25, -0.2) is 17.5 Å². The quantitative estimate of drug-likeness (QED) is 0.373. The predicted molar refractivity (Wildman–Crippen MR) is 114 cm³/mol. The first-order chi connectivity index (χ1) is 14.6. The number of carbonyl (C=O) groups is 2. The van der Waals surface area contributed by atoms with E-state index in [1.165, 1.54) is 6.07 Å². The van der Waals surface area contributed by atoms with E-state index in [9.17, 15) is 22.4 Å². The van der Waals surface area contributed by atoms with Gasteiger partial charge in [0.2, 0.25) is 21.8 Å². The Morgan fingerprint density at radius 2 is 1.97 bits per heavy atom. The van der Waals surface area contributed by atoms with Gasteiger partial charge in [-0.2, -0.15) is 0 Å². The Balaban J connectivity index is 1.49. The first-order valence-electron chi connectivity index (χ1n) is 10.9. The summed E-state index contributed by atoms with van der Waals surface area (Å²) in [5, 5.41) is 2.28. The van der Waals surface area contributed by atoms with Crippen molar-refractivity contribution in [2.45, 2.75) is 64.3 Å². The maximum Gasteiger partial charge on any atom is 0.230 e. The molecule has 1 saturated carbocycles. The van der Waals surface area contributed by atoms with Crippen LogP contribution in [0.4, 0.5) is 4.39 Å². The molecule has 2 fully saturated rings. The van der Waals surface area contributed by atoms with Crippen molar-refractivity contribution >= 4 is 21.8 Å². The summed E-state index contributed by atoms with van der Waals surface area (Å²) in [4.78, 5) is 22.8. The Labute approximate surface area is 183 Å². The summed E-state index contributed by atoms with van der Waals surface area (Å²) in [5.41, 5.74) is 0.0262. The fourth-order valence-corrected chi connectivity index (χ4v) is 5.39. The zero-order valence-corrected chi connectivity index (χ0v) is 18.9. The zero-order valence-electron chi connectivity index (χ0n) is 18.1. The Bertz CT molecular complexity index is 928. The Hall–Kier alpha value is -2.00. The summed E-state index contributed by atoms with van der Waals surface area (Å²) in [6.07, 6.45) is 3.96. The molecule has 9 heteroatoms. The summed E-state index contributed by atoms with van der Waals surface area (Å²) in [7, 11) is -3.51. The molecule has 1 heterocycles. The van der Waals surface area contributed by atoms with E-state index in [-0.39, 0.29) is 41.6 Å². The fraction of sp³-hybridized carbons (Fsp3) is 0.636. The van der Waals surface area contributed by atoms with Gasteiger partial charge < -0.3 is 4.74 Å². The lowest BCUT2D eigenvalue weighted by Crippen LogP contribution is -2.36. The molecule has 31 heavy (non-hydrogen) atoms. The van der Waals surface area contributed by atoms with E-state index in [1.54, 1.807) is 12.1 Å². The molecule has 1 unspecified atom stereocenters. The number of carbonyl (C=O) groups excluding carboxylic acids is 2. The van der Waals surface area contributed by atoms with Crippen LogP contribution in [-0.2, 0) is 25.2 Å². The van der Waals surface area contributed by atoms with Crippen molar-refractivity contribution in [3.63, 3.8) is 0 Å². The molecule has 172 valence electrons. The lowest BCUT2D eigenvalue weighted by Gasteiger charge is -2.19. The second-order valence-electron chi connectivity index (χ2n) is 9.02. The van der Waals surface area contributed by atoms with Gasteiger partial charge in [-0.15, -0.1) is 0 Å². The number of amides is 2. The van der Waals surface area contributed by atoms with Gasteiger partial charge in [-0.3, -0.25) is 14.9 Å². The molecule has 1 aromatic rings. The van der Waals surface area contributed by atoms with E-state index in [4.69, 9.17) is 4.74 Å². The highest BCUT2D eigenvalue weighted by Gasteiger charge is 2.47. The number of rotatable bonds is 12. The maximum absolute atomic E-state index is 14.1. The van der Waals surface area contributed by atoms with E-state index >= 15 is 0 Å². The summed E-state index contributed by atoms with van der Waals surface area (Å²) in [6, 6.07) is 4.53. The maximum atomic E-state index is 14.1. The van der Waals surface area contributed by atoms with Crippen molar-refractivity contribution in [3.8, 4) is 5.75 Å². The number of ether oxygens (including phenoxy) is 1. The molecule has 1 aromatic carbocycles. The van der Waals surface area contributed by atoms with Crippen LogP contribution in [0.3, 0.4) is 0 Å². The topological polar surface area (TPSA) is 102 Å². The van der Waals surface area contributed by atoms with Crippen LogP contribution in [0.2, 0.25) is 0 Å². The van der Waals surface area contributed by atoms with Gasteiger partial charge in [-0.05, 0) is 49.3 Å². The third-order valence-electron chi connectivity index (χ3n) is 5.69. The monoisotopic (exact) mass is 454 g/mol. The molecular formula is C22H31FN2O5S. The van der Waals surface area contributed by atoms with Gasteiger partial charge in [0, 0.05) is 12.3 Å². The number of halogens is 1. The number of benzene rings is 1. The highest BCUT2D eigenvalue weighted by molar-refractivity contribution is 7.89. The summed E-state index contributed by atoms with van der Waals surface area (Å²) < 4.78 is 47.6. The van der Waals surface area contributed by atoms with E-state index in [2.05, 4.69) is 10.0 Å². The highest BCUT2D eigenvalue weighted by atomic mass is 32.2. The zero-order chi connectivity index (χ0) is 22.6. The SMILES string of the molecule is CC(C)COc1cc(C2(NS(=O)(=O)CCCCCC3CC(=O)NC3=O)CC2)ccc1F. The normalized spacial score (nSPS) is 20.2. The van der Waals surface area contributed by atoms with E-state index in [0.717, 1.165) is 0 Å². The Morgan fingerprint density at radius 3 is 2.58 bits per heavy atom. The second-order valence-corrected chi connectivity index (χ2v) is 10.9. The van der Waals surface area contributed by atoms with Crippen molar-refractivity contribution in [2.24, 2.45) is 11.8 Å². The van der Waals surface area contributed by atoms with Crippen LogP contribution in [0.5, 0.6) is 5.75 Å². The first kappa shape index (κ1) is 23.7. The van der Waals surface area contributed by atoms with Crippen LogP contribution in [0.25, 0.3) is 0 Å². The van der Waals surface area contributed by atoms with Gasteiger partial charge in [0.15, 0.2) is 11.6 Å². The summed E-state index contributed by atoms with van der Waals surface area (Å²) >= 11 is 0. The number of sulfonamides is 1. The van der Waals surface area contributed by atoms with Crippen molar-refractivity contribution < 1.29 is 27.1 Å². The van der Waals surface area contributed by atoms with E-state index in [0.29, 0.717) is 50.7 Å². The van der Waals surface area contributed by atoms with Crippen LogP contribution >= 0.6 is 0 Å². The number of hydrogen-bond donors (Lipinski definition) is 2. The van der Waals surface area contributed by atoms with Gasteiger partial charge in [-0.1, -0.05) is 32.8 Å². The Kier molecular flexibility index (Phi) is 7.36. The minimum atomic E-state index is -3.51. The molecule has 1 saturated heterocycles.